The van der Waals surface area contributed by atoms with Crippen molar-refractivity contribution < 1.29 is 26.7 Å². The van der Waals surface area contributed by atoms with Crippen molar-refractivity contribution in [2.45, 2.75) is 0 Å². The van der Waals surface area contributed by atoms with E-state index in [2.05, 4.69) is 0 Å². The Morgan fingerprint density at radius 2 is 1.54 bits per heavy atom. The molecule has 0 saturated carbocycles. The van der Waals surface area contributed by atoms with Gasteiger partial charge in [-0.05, 0) is 10.8 Å². The molecule has 3 heteroatoms. The molecule has 0 radical (unpaired) electrons. The summed E-state index contributed by atoms with van der Waals surface area (Å²) in [6, 6.07) is 10.0. The molecule has 68 valence electrons. The van der Waals surface area contributed by atoms with Crippen LogP contribution in [-0.2, 0) is 16.5 Å². The average molecular weight is 217 g/mol. The maximum Gasteiger partial charge on any atom is 2.00 e. The largest absolute Gasteiger partial charge is 2.00 e. The quantitative estimate of drug-likeness (QED) is 0.617. The number of benzene rings is 2. The summed E-state index contributed by atoms with van der Waals surface area (Å²) in [7, 11) is 0. The van der Waals surface area contributed by atoms with E-state index in [1.807, 2.05) is 12.1 Å². The summed E-state index contributed by atoms with van der Waals surface area (Å²) in [6.07, 6.45) is 0. The molecule has 0 atom stereocenters. The van der Waals surface area contributed by atoms with Crippen molar-refractivity contribution in [2.24, 2.45) is 0 Å². The normalized spacial score (nSPS) is 9.54. The molecule has 2 aromatic rings. The summed E-state index contributed by atoms with van der Waals surface area (Å²) < 4.78 is 0. The average Bonchev–Trinajstić information content (AvgIpc) is 2.12. The third-order valence-corrected chi connectivity index (χ3v) is 1.84. The molecule has 2 rings (SSSR count). The minimum Gasteiger partial charge on any atom is -0.873 e. The standard InChI is InChI=1S/C10H8O2.Ni/c11-9-6-5-7-3-1-2-4-8(7)10(9)12;/h1-6,11-12H;/q;+2/p-2. The molecule has 0 bridgehead atoms. The van der Waals surface area contributed by atoms with Crippen molar-refractivity contribution in [1.82, 2.24) is 0 Å². The van der Waals surface area contributed by atoms with Crippen molar-refractivity contribution in [3.63, 3.8) is 0 Å². The molecule has 0 spiro atoms. The topological polar surface area (TPSA) is 46.1 Å². The van der Waals surface area contributed by atoms with Crippen molar-refractivity contribution in [3.05, 3.63) is 36.4 Å². The Morgan fingerprint density at radius 3 is 2.31 bits per heavy atom. The minimum atomic E-state index is -0.436. The van der Waals surface area contributed by atoms with Gasteiger partial charge in [0.15, 0.2) is 0 Å². The molecule has 0 aliphatic heterocycles. The molecule has 0 heterocycles. The van der Waals surface area contributed by atoms with Gasteiger partial charge in [0, 0.05) is 0 Å². The first-order valence-electron chi connectivity index (χ1n) is 3.65. The number of hydrogen-bond acceptors (Lipinski definition) is 2. The third-order valence-electron chi connectivity index (χ3n) is 1.84. The molecular formula is C10H6NiO2. The van der Waals surface area contributed by atoms with Crippen molar-refractivity contribution in [1.29, 1.82) is 0 Å². The molecule has 0 N–H and O–H groups in total. The van der Waals surface area contributed by atoms with Crippen LogP contribution in [0.4, 0.5) is 0 Å². The predicted octanol–water partition coefficient (Wildman–Crippen LogP) is 0.984. The zero-order valence-corrected chi connectivity index (χ0v) is 7.58. The first kappa shape index (κ1) is 9.88. The second-order valence-electron chi connectivity index (χ2n) is 2.61. The smallest absolute Gasteiger partial charge is 0.873 e. The van der Waals surface area contributed by atoms with E-state index in [4.69, 9.17) is 0 Å². The van der Waals surface area contributed by atoms with E-state index in [-0.39, 0.29) is 16.5 Å². The zero-order chi connectivity index (χ0) is 8.55. The van der Waals surface area contributed by atoms with Gasteiger partial charge in [0.05, 0.1) is 0 Å². The van der Waals surface area contributed by atoms with Gasteiger partial charge in [-0.15, -0.1) is 11.5 Å². The van der Waals surface area contributed by atoms with Crippen LogP contribution in [-0.4, -0.2) is 0 Å². The van der Waals surface area contributed by atoms with Gasteiger partial charge in [-0.25, -0.2) is 0 Å². The number of fused-ring (bicyclic) bond motifs is 1. The first-order chi connectivity index (χ1) is 5.79. The molecule has 0 fully saturated rings. The van der Waals surface area contributed by atoms with Gasteiger partial charge in [-0.3, -0.25) is 0 Å². The Labute approximate surface area is 85.7 Å². The molecule has 2 nitrogen and oxygen atoms in total. The van der Waals surface area contributed by atoms with E-state index in [0.29, 0.717) is 5.39 Å². The second kappa shape index (κ2) is 3.67. The second-order valence-corrected chi connectivity index (χ2v) is 2.61. The molecule has 0 amide bonds. The van der Waals surface area contributed by atoms with Crippen LogP contribution in [0.2, 0.25) is 0 Å². The molecule has 0 aliphatic rings. The van der Waals surface area contributed by atoms with Crippen molar-refractivity contribution >= 4 is 10.8 Å². The predicted molar refractivity (Wildman–Crippen MR) is 42.8 cm³/mol. The van der Waals surface area contributed by atoms with E-state index in [1.54, 1.807) is 18.2 Å². The maximum atomic E-state index is 11.2. The van der Waals surface area contributed by atoms with Crippen LogP contribution in [0.1, 0.15) is 0 Å². The Kier molecular flexibility index (Phi) is 2.79. The summed E-state index contributed by atoms with van der Waals surface area (Å²) in [5.41, 5.74) is 0. The van der Waals surface area contributed by atoms with Crippen LogP contribution in [0.3, 0.4) is 0 Å². The molecule has 2 aromatic carbocycles. The van der Waals surface area contributed by atoms with Crippen LogP contribution in [0.15, 0.2) is 36.4 Å². The number of hydrogen-bond donors (Lipinski definition) is 0. The maximum absolute atomic E-state index is 11.2. The van der Waals surface area contributed by atoms with Crippen LogP contribution in [0, 0.1) is 0 Å². The van der Waals surface area contributed by atoms with Crippen LogP contribution in [0.25, 0.3) is 10.8 Å². The van der Waals surface area contributed by atoms with E-state index < -0.39 is 11.5 Å². The zero-order valence-electron chi connectivity index (χ0n) is 6.60. The third kappa shape index (κ3) is 1.61. The van der Waals surface area contributed by atoms with Gasteiger partial charge >= 0.3 is 16.5 Å². The van der Waals surface area contributed by atoms with Crippen molar-refractivity contribution in [2.75, 3.05) is 0 Å². The monoisotopic (exact) mass is 216 g/mol. The van der Waals surface area contributed by atoms with Gasteiger partial charge in [-0.2, -0.15) is 0 Å². The molecule has 0 unspecified atom stereocenters. The van der Waals surface area contributed by atoms with E-state index in [9.17, 15) is 10.2 Å². The van der Waals surface area contributed by atoms with E-state index in [1.165, 1.54) is 6.07 Å². The van der Waals surface area contributed by atoms with Crippen molar-refractivity contribution in [3.8, 4) is 11.5 Å². The summed E-state index contributed by atoms with van der Waals surface area (Å²) in [4.78, 5) is 0. The Balaban J connectivity index is 0.000000845. The minimum absolute atomic E-state index is 0. The molecule has 0 aliphatic carbocycles. The number of rotatable bonds is 0. The molecule has 0 saturated heterocycles. The fourth-order valence-corrected chi connectivity index (χ4v) is 1.22. The molecular weight excluding hydrogens is 211 g/mol. The van der Waals surface area contributed by atoms with Gasteiger partial charge in [0.2, 0.25) is 0 Å². The van der Waals surface area contributed by atoms with Crippen LogP contribution >= 0.6 is 0 Å². The van der Waals surface area contributed by atoms with Gasteiger partial charge in [-0.1, -0.05) is 36.4 Å². The van der Waals surface area contributed by atoms with Gasteiger partial charge in [0.1, 0.15) is 0 Å². The van der Waals surface area contributed by atoms with Crippen LogP contribution < -0.4 is 10.2 Å². The summed E-state index contributed by atoms with van der Waals surface area (Å²) >= 11 is 0. The fraction of sp³-hybridized carbons (Fsp3) is 0. The van der Waals surface area contributed by atoms with Gasteiger partial charge < -0.3 is 10.2 Å². The van der Waals surface area contributed by atoms with E-state index >= 15 is 0 Å². The molecule has 13 heavy (non-hydrogen) atoms. The fourth-order valence-electron chi connectivity index (χ4n) is 1.22. The van der Waals surface area contributed by atoms with Gasteiger partial charge in [0.25, 0.3) is 0 Å². The summed E-state index contributed by atoms with van der Waals surface area (Å²) in [6.45, 7) is 0. The first-order valence-corrected chi connectivity index (χ1v) is 3.65. The van der Waals surface area contributed by atoms with Crippen LogP contribution in [0.5, 0.6) is 11.5 Å². The van der Waals surface area contributed by atoms with E-state index in [0.717, 1.165) is 5.39 Å². The summed E-state index contributed by atoms with van der Waals surface area (Å²) in [5.74, 6) is -0.846. The molecule has 0 aromatic heterocycles. The summed E-state index contributed by atoms with van der Waals surface area (Å²) in [5, 5.41) is 23.5. The SMILES string of the molecule is [Ni+2].[O-]c1ccc2ccccc2c1[O-]. The Bertz CT molecular complexity index is 426. The Hall–Kier alpha value is -1.21. The Morgan fingerprint density at radius 1 is 0.846 bits per heavy atom.